The van der Waals surface area contributed by atoms with Crippen molar-refractivity contribution in [1.29, 1.82) is 0 Å². The molecule has 2 aliphatic heterocycles. The minimum atomic E-state index is -1.06. The molecule has 1 aromatic carbocycles. The highest BCUT2D eigenvalue weighted by Crippen LogP contribution is 2.48. The zero-order chi connectivity index (χ0) is 38.9. The third kappa shape index (κ3) is 8.44. The number of aryl methyl sites for hydroxylation is 2. The van der Waals surface area contributed by atoms with E-state index in [2.05, 4.69) is 26.1 Å². The Hall–Kier alpha value is -4.81. The Labute approximate surface area is 317 Å². The standard InChI is InChI=1S/C41H54N6O7/c1-8-10-30(33(48)38(51)43-27-11-12-27)44-37(50)32-21-41(20-31(46-54-41)26-17-23(3)34(53-9-2)24(4)18-26)22-47(32)39(52)35(40(5,6)7)45-36(49)29-19-28(29)25-13-15-42-16-14-25/h13-18,27-30,32,35H,8-12,19-22H2,1-7H3,(H,43,51)(H,44,50)(H,45,49)/t28?,29?,30-,32-,35+,41+/m0/s1. The molecule has 6 atom stereocenters. The van der Waals surface area contributed by atoms with E-state index in [0.29, 0.717) is 31.6 Å². The fraction of sp³-hybridized carbons (Fsp3) is 0.585. The lowest BCUT2D eigenvalue weighted by Crippen LogP contribution is -2.59. The highest BCUT2D eigenvalue weighted by atomic mass is 16.7. The summed E-state index contributed by atoms with van der Waals surface area (Å²) < 4.78 is 5.84. The molecule has 1 aromatic heterocycles. The molecule has 2 unspecified atom stereocenters. The largest absolute Gasteiger partial charge is 0.493 e. The van der Waals surface area contributed by atoms with Gasteiger partial charge in [-0.3, -0.25) is 29.0 Å². The summed E-state index contributed by atoms with van der Waals surface area (Å²) in [5, 5.41) is 13.1. The van der Waals surface area contributed by atoms with Gasteiger partial charge in [-0.1, -0.05) is 39.3 Å². The molecule has 0 bridgehead atoms. The van der Waals surface area contributed by atoms with Crippen LogP contribution in [-0.2, 0) is 28.8 Å². The number of oxime groups is 1. The van der Waals surface area contributed by atoms with Gasteiger partial charge in [0, 0.05) is 42.8 Å². The average Bonchev–Trinajstić information content (AvgIpc) is 4.05. The minimum Gasteiger partial charge on any atom is -0.493 e. The van der Waals surface area contributed by atoms with Crippen molar-refractivity contribution in [1.82, 2.24) is 25.8 Å². The van der Waals surface area contributed by atoms with Crippen molar-refractivity contribution in [2.75, 3.05) is 13.2 Å². The van der Waals surface area contributed by atoms with Crippen molar-refractivity contribution >= 4 is 35.1 Å². The predicted molar refractivity (Wildman–Crippen MR) is 202 cm³/mol. The Morgan fingerprint density at radius 3 is 2.31 bits per heavy atom. The Kier molecular flexibility index (Phi) is 11.2. The number of nitrogens with zero attached hydrogens (tertiary/aromatic N) is 3. The molecule has 6 rings (SSSR count). The maximum absolute atomic E-state index is 14.8. The van der Waals surface area contributed by atoms with E-state index >= 15 is 0 Å². The van der Waals surface area contributed by atoms with Gasteiger partial charge in [0.1, 0.15) is 17.8 Å². The molecule has 2 aliphatic carbocycles. The molecule has 2 saturated carbocycles. The number of hydrogen-bond donors (Lipinski definition) is 3. The summed E-state index contributed by atoms with van der Waals surface area (Å²) in [5.41, 5.74) is 2.73. The first-order valence-corrected chi connectivity index (χ1v) is 19.3. The van der Waals surface area contributed by atoms with E-state index in [1.165, 1.54) is 4.90 Å². The number of rotatable bonds is 14. The number of aromatic nitrogens is 1. The van der Waals surface area contributed by atoms with Crippen LogP contribution in [0.2, 0.25) is 0 Å². The number of carbonyl (C=O) groups excluding carboxylic acids is 5. The SMILES string of the molecule is CCC[C@H](NC(=O)[C@@H]1C[C@]2(CC(c3cc(C)c(OCC)c(C)c3)=NO2)CN1C(=O)[C@@H](NC(=O)C1CC1c1ccncc1)C(C)(C)C)C(=O)C(=O)NC1CC1. The molecular weight excluding hydrogens is 688 g/mol. The van der Waals surface area contributed by atoms with Crippen molar-refractivity contribution in [2.24, 2.45) is 16.5 Å². The number of likely N-dealkylation sites (tertiary alicyclic amines) is 1. The monoisotopic (exact) mass is 742 g/mol. The van der Waals surface area contributed by atoms with Crippen molar-refractivity contribution in [3.63, 3.8) is 0 Å². The topological polar surface area (TPSA) is 168 Å². The second-order valence-electron chi connectivity index (χ2n) is 16.5. The van der Waals surface area contributed by atoms with Gasteiger partial charge in [0.2, 0.25) is 23.5 Å². The smallest absolute Gasteiger partial charge is 0.289 e. The molecule has 2 aromatic rings. The fourth-order valence-corrected chi connectivity index (χ4v) is 7.77. The minimum absolute atomic E-state index is 0.0148. The second-order valence-corrected chi connectivity index (χ2v) is 16.5. The summed E-state index contributed by atoms with van der Waals surface area (Å²) in [7, 11) is 0. The van der Waals surface area contributed by atoms with Gasteiger partial charge in [0.15, 0.2) is 5.60 Å². The van der Waals surface area contributed by atoms with Crippen LogP contribution in [0.1, 0.15) is 108 Å². The zero-order valence-electron chi connectivity index (χ0n) is 32.5. The Balaban J connectivity index is 1.25. The van der Waals surface area contributed by atoms with Crippen molar-refractivity contribution in [3.8, 4) is 5.75 Å². The summed E-state index contributed by atoms with van der Waals surface area (Å²) in [6.45, 7) is 14.0. The Morgan fingerprint density at radius 1 is 1.02 bits per heavy atom. The third-order valence-electron chi connectivity index (χ3n) is 10.9. The van der Waals surface area contributed by atoms with E-state index in [1.54, 1.807) is 12.4 Å². The molecule has 3 fully saturated rings. The van der Waals surface area contributed by atoms with E-state index in [4.69, 9.17) is 9.57 Å². The number of ether oxygens (including phenoxy) is 1. The summed E-state index contributed by atoms with van der Waals surface area (Å²) in [6.07, 6.45) is 6.95. The third-order valence-corrected chi connectivity index (χ3v) is 10.9. The first-order chi connectivity index (χ1) is 25.6. The Morgan fingerprint density at radius 2 is 1.70 bits per heavy atom. The van der Waals surface area contributed by atoms with Crippen LogP contribution in [0.5, 0.6) is 5.75 Å². The molecule has 4 aliphatic rings. The number of benzene rings is 1. The molecule has 4 amide bonds. The van der Waals surface area contributed by atoms with Crippen LogP contribution in [0.3, 0.4) is 0 Å². The van der Waals surface area contributed by atoms with E-state index < -0.39 is 52.6 Å². The first kappa shape index (κ1) is 38.9. The molecule has 13 heteroatoms. The van der Waals surface area contributed by atoms with Crippen LogP contribution in [0.15, 0.2) is 41.8 Å². The Bertz CT molecular complexity index is 1800. The lowest BCUT2D eigenvalue weighted by atomic mass is 9.85. The van der Waals surface area contributed by atoms with Gasteiger partial charge in [-0.05, 0) is 98.7 Å². The number of amides is 4. The van der Waals surface area contributed by atoms with Crippen LogP contribution >= 0.6 is 0 Å². The second kappa shape index (κ2) is 15.5. The van der Waals surface area contributed by atoms with Crippen LogP contribution < -0.4 is 20.7 Å². The van der Waals surface area contributed by atoms with Crippen molar-refractivity contribution < 1.29 is 33.5 Å². The molecule has 54 heavy (non-hydrogen) atoms. The first-order valence-electron chi connectivity index (χ1n) is 19.3. The van der Waals surface area contributed by atoms with E-state index in [-0.39, 0.29) is 43.2 Å². The van der Waals surface area contributed by atoms with Gasteiger partial charge in [0.25, 0.3) is 5.91 Å². The van der Waals surface area contributed by atoms with Crippen LogP contribution in [0.25, 0.3) is 0 Å². The molecule has 3 heterocycles. The lowest BCUT2D eigenvalue weighted by Gasteiger charge is -2.35. The van der Waals surface area contributed by atoms with Gasteiger partial charge in [0.05, 0.1) is 24.9 Å². The molecule has 1 spiro atoms. The van der Waals surface area contributed by atoms with E-state index in [0.717, 1.165) is 40.8 Å². The number of Topliss-reactive ketones (excluding diaryl/α,β-unsaturated/α-hetero) is 1. The normalized spacial score (nSPS) is 24.2. The maximum atomic E-state index is 14.8. The summed E-state index contributed by atoms with van der Waals surface area (Å²) in [5.74, 6) is -2.06. The van der Waals surface area contributed by atoms with Crippen molar-refractivity contribution in [2.45, 2.75) is 129 Å². The number of pyridine rings is 1. The van der Waals surface area contributed by atoms with Gasteiger partial charge in [-0.25, -0.2) is 0 Å². The van der Waals surface area contributed by atoms with Gasteiger partial charge in [-0.2, -0.15) is 0 Å². The van der Waals surface area contributed by atoms with Gasteiger partial charge >= 0.3 is 0 Å². The molecule has 290 valence electrons. The molecule has 13 nitrogen and oxygen atoms in total. The van der Waals surface area contributed by atoms with Crippen LogP contribution in [0, 0.1) is 25.2 Å². The number of hydrogen-bond acceptors (Lipinski definition) is 9. The molecule has 0 radical (unpaired) electrons. The average molecular weight is 743 g/mol. The van der Waals surface area contributed by atoms with Crippen LogP contribution in [0.4, 0.5) is 0 Å². The highest BCUT2D eigenvalue weighted by molar-refractivity contribution is 6.38. The lowest BCUT2D eigenvalue weighted by molar-refractivity contribution is -0.145. The maximum Gasteiger partial charge on any atom is 0.289 e. The van der Waals surface area contributed by atoms with E-state index in [9.17, 15) is 24.0 Å². The van der Waals surface area contributed by atoms with E-state index in [1.807, 2.05) is 72.7 Å². The summed E-state index contributed by atoms with van der Waals surface area (Å²) in [4.78, 5) is 80.6. The molecular formula is C41H54N6O7. The number of nitrogens with one attached hydrogen (secondary N) is 3. The summed E-state index contributed by atoms with van der Waals surface area (Å²) in [6, 6.07) is 4.70. The zero-order valence-corrected chi connectivity index (χ0v) is 32.5. The fourth-order valence-electron chi connectivity index (χ4n) is 7.77. The highest BCUT2D eigenvalue weighted by Gasteiger charge is 2.56. The number of ketones is 1. The van der Waals surface area contributed by atoms with Crippen LogP contribution in [-0.4, -0.2) is 87.9 Å². The van der Waals surface area contributed by atoms with Gasteiger partial charge in [-0.15, -0.1) is 0 Å². The summed E-state index contributed by atoms with van der Waals surface area (Å²) >= 11 is 0. The quantitative estimate of drug-likeness (QED) is 0.244. The predicted octanol–water partition coefficient (Wildman–Crippen LogP) is 4.03. The van der Waals surface area contributed by atoms with Crippen molar-refractivity contribution in [3.05, 3.63) is 58.9 Å². The molecule has 1 saturated heterocycles. The number of carbonyl (C=O) groups is 5. The van der Waals surface area contributed by atoms with Gasteiger partial charge < -0.3 is 30.4 Å². The molecule has 3 N–H and O–H groups in total.